The van der Waals surface area contributed by atoms with E-state index in [-0.39, 0.29) is 29.9 Å². The first-order valence-corrected chi connectivity index (χ1v) is 17.4. The number of benzene rings is 3. The van der Waals surface area contributed by atoms with E-state index in [1.165, 1.54) is 29.8 Å². The zero-order valence-electron chi connectivity index (χ0n) is 25.0. The Morgan fingerprint density at radius 3 is 2.68 bits per heavy atom. The normalized spacial score (nSPS) is 11.7. The van der Waals surface area contributed by atoms with Gasteiger partial charge in [-0.15, -0.1) is 11.3 Å². The van der Waals surface area contributed by atoms with Crippen LogP contribution in [-0.4, -0.2) is 33.3 Å². The fourth-order valence-corrected chi connectivity index (χ4v) is 6.83. The topological polar surface area (TPSA) is 119 Å². The molecule has 3 aromatic carbocycles. The molecule has 1 unspecified atom stereocenters. The Morgan fingerprint density at radius 1 is 1.02 bits per heavy atom. The van der Waals surface area contributed by atoms with Crippen LogP contribution in [0.4, 0.5) is 15.9 Å². The van der Waals surface area contributed by atoms with E-state index in [0.29, 0.717) is 23.7 Å². The molecule has 0 saturated carbocycles. The Hall–Kier alpha value is -4.56. The molecular formula is C34H28BrFN6O3S2. The third-order valence-corrected chi connectivity index (χ3v) is 9.48. The number of hydrogen-bond acceptors (Lipinski definition) is 9. The highest BCUT2D eigenvalue weighted by Crippen LogP contribution is 2.33. The van der Waals surface area contributed by atoms with Gasteiger partial charge in [0, 0.05) is 40.3 Å². The van der Waals surface area contributed by atoms with Crippen LogP contribution < -0.4 is 15.4 Å². The number of thiazole rings is 1. The summed E-state index contributed by atoms with van der Waals surface area (Å²) in [7, 11) is -2.43. The van der Waals surface area contributed by atoms with Crippen LogP contribution >= 0.6 is 27.3 Å². The number of anilines is 2. The lowest BCUT2D eigenvalue weighted by Crippen LogP contribution is -2.30. The molecule has 13 heteroatoms. The first kappa shape index (κ1) is 32.4. The summed E-state index contributed by atoms with van der Waals surface area (Å²) in [5.41, 5.74) is 4.57. The Kier molecular flexibility index (Phi) is 10.3. The number of nitrogens with one attached hydrogen (secondary N) is 2. The molecule has 0 aliphatic carbocycles. The molecule has 0 aliphatic rings. The molecule has 0 radical (unpaired) electrons. The summed E-state index contributed by atoms with van der Waals surface area (Å²) in [5.74, 6) is 0.936. The number of fused-ring (bicyclic) bond motifs is 1. The average Bonchev–Trinajstić information content (AvgIpc) is 3.57. The minimum absolute atomic E-state index is 0.170. The van der Waals surface area contributed by atoms with Crippen LogP contribution in [-0.2, 0) is 23.3 Å². The number of rotatable bonds is 11. The zero-order valence-corrected chi connectivity index (χ0v) is 28.2. The van der Waals surface area contributed by atoms with Crippen LogP contribution in [0.3, 0.4) is 0 Å². The summed E-state index contributed by atoms with van der Waals surface area (Å²) in [5, 5.41) is 10.1. The van der Waals surface area contributed by atoms with E-state index in [1.807, 2.05) is 60.8 Å². The monoisotopic (exact) mass is 730 g/mol. The second-order valence-corrected chi connectivity index (χ2v) is 13.2. The lowest BCUT2D eigenvalue weighted by atomic mass is 10.1. The fraction of sp³-hybridized carbons (Fsp3) is 0.147. The van der Waals surface area contributed by atoms with Crippen LogP contribution in [0.1, 0.15) is 35.7 Å². The molecule has 0 amide bonds. The SMILES string of the molecule is CCC(NC(Cc1ccccn1)=S(=O)=O)c1nc(-c2ccc3ncnc(Nc4ccc(OCc5cccc(F)c5)c(Br)c4)c3c2)cs1. The van der Waals surface area contributed by atoms with E-state index < -0.39 is 10.3 Å². The van der Waals surface area contributed by atoms with Crippen molar-refractivity contribution in [2.24, 2.45) is 0 Å². The molecule has 238 valence electrons. The Labute approximate surface area is 284 Å². The predicted octanol–water partition coefficient (Wildman–Crippen LogP) is 7.66. The van der Waals surface area contributed by atoms with E-state index >= 15 is 0 Å². The molecule has 0 spiro atoms. The lowest BCUT2D eigenvalue weighted by molar-refractivity contribution is 0.303. The molecule has 1 atom stereocenters. The smallest absolute Gasteiger partial charge is 0.228 e. The minimum Gasteiger partial charge on any atom is -0.488 e. The van der Waals surface area contributed by atoms with Crippen molar-refractivity contribution in [1.29, 1.82) is 0 Å². The van der Waals surface area contributed by atoms with Gasteiger partial charge >= 0.3 is 0 Å². The molecule has 9 nitrogen and oxygen atoms in total. The number of aromatic nitrogens is 4. The number of nitrogens with zero attached hydrogens (tertiary/aromatic N) is 4. The second-order valence-electron chi connectivity index (χ2n) is 10.5. The molecule has 6 rings (SSSR count). The largest absolute Gasteiger partial charge is 0.488 e. The molecule has 47 heavy (non-hydrogen) atoms. The highest BCUT2D eigenvalue weighted by molar-refractivity contribution is 9.10. The van der Waals surface area contributed by atoms with E-state index in [1.54, 1.807) is 24.4 Å². The predicted molar refractivity (Wildman–Crippen MR) is 187 cm³/mol. The van der Waals surface area contributed by atoms with Crippen molar-refractivity contribution in [3.05, 3.63) is 123 Å². The number of hydrogen-bond donors (Lipinski definition) is 2. The van der Waals surface area contributed by atoms with Gasteiger partial charge in [-0.3, -0.25) is 10.3 Å². The van der Waals surface area contributed by atoms with E-state index in [4.69, 9.17) is 9.72 Å². The zero-order chi connectivity index (χ0) is 32.8. The molecule has 0 bridgehead atoms. The van der Waals surface area contributed by atoms with Crippen molar-refractivity contribution >= 4 is 65.0 Å². The molecule has 0 aliphatic heterocycles. The van der Waals surface area contributed by atoms with Gasteiger partial charge in [-0.05, 0) is 82.5 Å². The Bertz CT molecular complexity index is 2170. The Balaban J connectivity index is 1.19. The summed E-state index contributed by atoms with van der Waals surface area (Å²) in [6.07, 6.45) is 3.96. The van der Waals surface area contributed by atoms with Crippen molar-refractivity contribution in [3.8, 4) is 17.0 Å². The molecular weight excluding hydrogens is 703 g/mol. The van der Waals surface area contributed by atoms with Gasteiger partial charge in [-0.2, -0.15) is 8.42 Å². The molecule has 3 heterocycles. The number of ether oxygens (including phenoxy) is 1. The second kappa shape index (κ2) is 14.9. The summed E-state index contributed by atoms with van der Waals surface area (Å²) < 4.78 is 44.2. The van der Waals surface area contributed by atoms with Gasteiger partial charge in [-0.25, -0.2) is 19.3 Å². The maximum Gasteiger partial charge on any atom is 0.228 e. The van der Waals surface area contributed by atoms with Gasteiger partial charge in [0.05, 0.1) is 21.7 Å². The summed E-state index contributed by atoms with van der Waals surface area (Å²) in [6, 6.07) is 22.9. The van der Waals surface area contributed by atoms with E-state index in [0.717, 1.165) is 42.9 Å². The van der Waals surface area contributed by atoms with Crippen molar-refractivity contribution < 1.29 is 17.5 Å². The molecule has 3 aromatic heterocycles. The van der Waals surface area contributed by atoms with Crippen LogP contribution in [0.25, 0.3) is 22.2 Å². The fourth-order valence-electron chi connectivity index (χ4n) is 4.87. The first-order chi connectivity index (χ1) is 22.9. The lowest BCUT2D eigenvalue weighted by Gasteiger charge is -2.14. The molecule has 0 fully saturated rings. The molecule has 6 aromatic rings. The van der Waals surface area contributed by atoms with Crippen molar-refractivity contribution in [3.63, 3.8) is 0 Å². The Morgan fingerprint density at radius 2 is 1.91 bits per heavy atom. The van der Waals surface area contributed by atoms with Crippen LogP contribution in [0, 0.1) is 5.82 Å². The number of halogens is 2. The highest BCUT2D eigenvalue weighted by Gasteiger charge is 2.18. The standard InChI is InChI=1S/C34H28BrFN6O3S2/c1-2-28(41-32(47(43)44)17-24-8-3-4-13-37-24)34-42-30(19-46-34)22-9-11-29-26(15-22)33(39-20-38-29)40-25-10-12-31(27(35)16-25)45-18-21-6-5-7-23(36)14-21/h3-16,19-20,28,41H,2,17-18H2,1H3,(H,38,39,40). The van der Waals surface area contributed by atoms with Crippen molar-refractivity contribution in [2.75, 3.05) is 5.32 Å². The third kappa shape index (κ3) is 8.06. The van der Waals surface area contributed by atoms with Gasteiger partial charge in [0.25, 0.3) is 0 Å². The van der Waals surface area contributed by atoms with Crippen LogP contribution in [0.2, 0.25) is 0 Å². The van der Waals surface area contributed by atoms with Gasteiger partial charge in [-0.1, -0.05) is 31.2 Å². The van der Waals surface area contributed by atoms with E-state index in [9.17, 15) is 12.8 Å². The van der Waals surface area contributed by atoms with Crippen molar-refractivity contribution in [1.82, 2.24) is 25.3 Å². The quantitative estimate of drug-likeness (QED) is 0.130. The van der Waals surface area contributed by atoms with Gasteiger partial charge in [0.2, 0.25) is 10.3 Å². The summed E-state index contributed by atoms with van der Waals surface area (Å²) in [6.45, 7) is 2.22. The maximum absolute atomic E-state index is 13.5. The van der Waals surface area contributed by atoms with Crippen LogP contribution in [0.15, 0.2) is 101 Å². The van der Waals surface area contributed by atoms with Crippen molar-refractivity contribution in [2.45, 2.75) is 32.4 Å². The summed E-state index contributed by atoms with van der Waals surface area (Å²) >= 11 is 5.05. The highest BCUT2D eigenvalue weighted by atomic mass is 79.9. The molecule has 2 N–H and O–H groups in total. The first-order valence-electron chi connectivity index (χ1n) is 14.6. The van der Waals surface area contributed by atoms with Gasteiger partial charge in [0.15, 0.2) is 0 Å². The van der Waals surface area contributed by atoms with E-state index in [2.05, 4.69) is 41.5 Å². The number of pyridine rings is 1. The minimum atomic E-state index is -2.43. The third-order valence-electron chi connectivity index (χ3n) is 7.24. The van der Waals surface area contributed by atoms with Gasteiger partial charge in [0.1, 0.15) is 40.3 Å². The van der Waals surface area contributed by atoms with Gasteiger partial charge < -0.3 is 10.1 Å². The van der Waals surface area contributed by atoms with Crippen LogP contribution in [0.5, 0.6) is 5.75 Å². The molecule has 0 saturated heterocycles. The summed E-state index contributed by atoms with van der Waals surface area (Å²) in [4.78, 5) is 18.3. The maximum atomic E-state index is 13.5. The average molecular weight is 732 g/mol.